The van der Waals surface area contributed by atoms with E-state index in [0.717, 1.165) is 28.0 Å². The molecule has 0 aliphatic rings. The number of fused-ring (bicyclic) bond motifs is 1. The summed E-state index contributed by atoms with van der Waals surface area (Å²) in [4.78, 5) is 7.91. The molecule has 3 aromatic rings. The van der Waals surface area contributed by atoms with Crippen LogP contribution in [0, 0.1) is 18.6 Å². The van der Waals surface area contributed by atoms with Gasteiger partial charge in [-0.3, -0.25) is 0 Å². The largest absolute Gasteiger partial charge is 0.342 e. The number of hydrogen-bond acceptors (Lipinski definition) is 1. The Kier molecular flexibility index (Phi) is 3.69. The lowest BCUT2D eigenvalue weighted by atomic mass is 9.99. The zero-order valence-electron chi connectivity index (χ0n) is 12.9. The molecule has 0 radical (unpaired) electrons. The topological polar surface area (TPSA) is 28.7 Å². The summed E-state index contributed by atoms with van der Waals surface area (Å²) < 4.78 is 27.7. The maximum absolute atomic E-state index is 13.8. The third-order valence-corrected chi connectivity index (χ3v) is 4.01. The molecule has 0 aliphatic heterocycles. The highest BCUT2D eigenvalue weighted by Crippen LogP contribution is 2.25. The van der Waals surface area contributed by atoms with Crippen LogP contribution in [0.1, 0.15) is 42.3 Å². The summed E-state index contributed by atoms with van der Waals surface area (Å²) in [5, 5.41) is 0. The molecule has 0 bridgehead atoms. The fourth-order valence-electron chi connectivity index (χ4n) is 2.63. The van der Waals surface area contributed by atoms with E-state index in [1.165, 1.54) is 18.2 Å². The van der Waals surface area contributed by atoms with Crippen molar-refractivity contribution in [2.45, 2.75) is 33.1 Å². The van der Waals surface area contributed by atoms with Gasteiger partial charge in [0.05, 0.1) is 11.0 Å². The number of aromatic nitrogens is 2. The van der Waals surface area contributed by atoms with Crippen molar-refractivity contribution in [3.05, 3.63) is 64.5 Å². The molecule has 0 saturated carbocycles. The van der Waals surface area contributed by atoms with Gasteiger partial charge in [-0.2, -0.15) is 0 Å². The van der Waals surface area contributed by atoms with Gasteiger partial charge in [-0.05, 0) is 36.2 Å². The van der Waals surface area contributed by atoms with Crippen LogP contribution >= 0.6 is 0 Å². The molecule has 0 amide bonds. The zero-order valence-corrected chi connectivity index (χ0v) is 12.9. The number of hydrogen-bond donors (Lipinski definition) is 1. The lowest BCUT2D eigenvalue weighted by Crippen LogP contribution is -1.99. The summed E-state index contributed by atoms with van der Waals surface area (Å²) >= 11 is 0. The van der Waals surface area contributed by atoms with Crippen LogP contribution in [0.5, 0.6) is 0 Å². The van der Waals surface area contributed by atoms with Gasteiger partial charge in [0.25, 0.3) is 0 Å². The highest BCUT2D eigenvalue weighted by molar-refractivity contribution is 5.80. The van der Waals surface area contributed by atoms with Gasteiger partial charge in [0.2, 0.25) is 0 Å². The van der Waals surface area contributed by atoms with Crippen LogP contribution in [0.15, 0.2) is 30.3 Å². The Bertz CT molecular complexity index is 814. The Balaban J connectivity index is 2.06. The second kappa shape index (κ2) is 5.52. The van der Waals surface area contributed by atoms with E-state index in [9.17, 15) is 8.78 Å². The maximum atomic E-state index is 13.8. The molecule has 22 heavy (non-hydrogen) atoms. The Morgan fingerprint density at radius 2 is 1.77 bits per heavy atom. The normalized spacial score (nSPS) is 11.5. The predicted molar refractivity (Wildman–Crippen MR) is 84.1 cm³/mol. The van der Waals surface area contributed by atoms with E-state index in [1.54, 1.807) is 0 Å². The molecule has 1 N–H and O–H groups in total. The third-order valence-electron chi connectivity index (χ3n) is 4.01. The first kappa shape index (κ1) is 14.7. The van der Waals surface area contributed by atoms with E-state index in [0.29, 0.717) is 5.92 Å². The van der Waals surface area contributed by atoms with Crippen molar-refractivity contribution in [2.24, 2.45) is 0 Å². The van der Waals surface area contributed by atoms with E-state index in [1.807, 2.05) is 19.1 Å². The van der Waals surface area contributed by atoms with Gasteiger partial charge in [0, 0.05) is 17.9 Å². The van der Waals surface area contributed by atoms with Gasteiger partial charge in [-0.25, -0.2) is 13.8 Å². The predicted octanol–water partition coefficient (Wildman–Crippen LogP) is 4.86. The number of aryl methyl sites for hydroxylation is 1. The van der Waals surface area contributed by atoms with E-state index >= 15 is 0 Å². The first-order valence-corrected chi connectivity index (χ1v) is 7.38. The van der Waals surface area contributed by atoms with Gasteiger partial charge >= 0.3 is 0 Å². The monoisotopic (exact) mass is 300 g/mol. The molecule has 2 aromatic carbocycles. The fourth-order valence-corrected chi connectivity index (χ4v) is 2.63. The molecule has 2 nitrogen and oxygen atoms in total. The van der Waals surface area contributed by atoms with Crippen LogP contribution in [0.25, 0.3) is 11.0 Å². The lowest BCUT2D eigenvalue weighted by Gasteiger charge is -2.08. The van der Waals surface area contributed by atoms with Gasteiger partial charge in [0.15, 0.2) is 0 Å². The summed E-state index contributed by atoms with van der Waals surface area (Å²) in [6.45, 7) is 6.09. The minimum atomic E-state index is -0.510. The van der Waals surface area contributed by atoms with Crippen LogP contribution in [0.2, 0.25) is 0 Å². The molecular formula is C18H18F2N2. The first-order valence-electron chi connectivity index (χ1n) is 7.38. The summed E-state index contributed by atoms with van der Waals surface area (Å²) in [7, 11) is 0. The van der Waals surface area contributed by atoms with Crippen molar-refractivity contribution in [2.75, 3.05) is 0 Å². The lowest BCUT2D eigenvalue weighted by molar-refractivity contribution is 0.561. The molecule has 0 spiro atoms. The maximum Gasteiger partial charge on any atom is 0.129 e. The highest BCUT2D eigenvalue weighted by Gasteiger charge is 2.14. The highest BCUT2D eigenvalue weighted by atomic mass is 19.1. The number of nitrogens with one attached hydrogen (secondary N) is 1. The van der Waals surface area contributed by atoms with Crippen molar-refractivity contribution in [1.82, 2.24) is 9.97 Å². The number of benzene rings is 2. The van der Waals surface area contributed by atoms with Crippen LogP contribution in [-0.2, 0) is 6.42 Å². The Labute approximate surface area is 128 Å². The number of halogens is 2. The minimum Gasteiger partial charge on any atom is -0.342 e. The second-order valence-electron chi connectivity index (χ2n) is 5.90. The van der Waals surface area contributed by atoms with E-state index in [4.69, 9.17) is 0 Å². The Hall–Kier alpha value is -2.23. The van der Waals surface area contributed by atoms with Gasteiger partial charge in [0.1, 0.15) is 17.5 Å². The van der Waals surface area contributed by atoms with Gasteiger partial charge in [-0.1, -0.05) is 26.0 Å². The molecule has 0 atom stereocenters. The second-order valence-corrected chi connectivity index (χ2v) is 5.90. The zero-order chi connectivity index (χ0) is 15.9. The van der Waals surface area contributed by atoms with E-state index < -0.39 is 11.6 Å². The smallest absolute Gasteiger partial charge is 0.129 e. The van der Waals surface area contributed by atoms with Gasteiger partial charge < -0.3 is 4.98 Å². The Morgan fingerprint density at radius 1 is 1.09 bits per heavy atom. The quantitative estimate of drug-likeness (QED) is 0.735. The molecule has 1 aromatic heterocycles. The first-order chi connectivity index (χ1) is 10.5. The van der Waals surface area contributed by atoms with Crippen LogP contribution in [0.4, 0.5) is 8.78 Å². The summed E-state index contributed by atoms with van der Waals surface area (Å²) in [5.41, 5.74) is 3.78. The van der Waals surface area contributed by atoms with Crippen molar-refractivity contribution < 1.29 is 8.78 Å². The van der Waals surface area contributed by atoms with E-state index in [2.05, 4.69) is 23.8 Å². The fraction of sp³-hybridized carbons (Fsp3) is 0.278. The Morgan fingerprint density at radius 3 is 2.41 bits per heavy atom. The van der Waals surface area contributed by atoms with Crippen LogP contribution in [0.3, 0.4) is 0 Å². The molecule has 0 saturated heterocycles. The van der Waals surface area contributed by atoms with Crippen molar-refractivity contribution in [3.8, 4) is 0 Å². The number of H-pyrrole nitrogens is 1. The van der Waals surface area contributed by atoms with Crippen molar-refractivity contribution >= 4 is 11.0 Å². The average molecular weight is 300 g/mol. The van der Waals surface area contributed by atoms with Crippen LogP contribution < -0.4 is 0 Å². The molecule has 0 unspecified atom stereocenters. The molecule has 0 aliphatic carbocycles. The van der Waals surface area contributed by atoms with Crippen molar-refractivity contribution in [1.29, 1.82) is 0 Å². The number of imidazole rings is 1. The molecule has 114 valence electrons. The SMILES string of the molecule is Cc1c(Cc2c(F)cccc2F)ccc2[nH]c(C(C)C)nc12. The molecule has 4 heteroatoms. The van der Waals surface area contributed by atoms with Crippen molar-refractivity contribution in [3.63, 3.8) is 0 Å². The third kappa shape index (κ3) is 2.49. The molecule has 1 heterocycles. The van der Waals surface area contributed by atoms with Gasteiger partial charge in [-0.15, -0.1) is 0 Å². The number of aromatic amines is 1. The van der Waals surface area contributed by atoms with E-state index in [-0.39, 0.29) is 12.0 Å². The standard InChI is InChI=1S/C18H18F2N2/c1-10(2)18-21-16-8-7-12(11(3)17(16)22-18)9-13-14(19)5-4-6-15(13)20/h4-8,10H,9H2,1-3H3,(H,21,22). The number of nitrogens with zero attached hydrogens (tertiary/aromatic N) is 1. The minimum absolute atomic E-state index is 0.101. The summed E-state index contributed by atoms with van der Waals surface area (Å²) in [5.74, 6) is 0.209. The summed E-state index contributed by atoms with van der Waals surface area (Å²) in [6, 6.07) is 7.79. The van der Waals surface area contributed by atoms with Crippen LogP contribution in [-0.4, -0.2) is 9.97 Å². The number of rotatable bonds is 3. The molecular weight excluding hydrogens is 282 g/mol. The molecule has 0 fully saturated rings. The molecule has 3 rings (SSSR count). The summed E-state index contributed by atoms with van der Waals surface area (Å²) in [6.07, 6.45) is 0.226. The average Bonchev–Trinajstić information content (AvgIpc) is 2.90.